The Labute approximate surface area is 82.9 Å². The van der Waals surface area contributed by atoms with Crippen molar-refractivity contribution in [1.82, 2.24) is 5.32 Å². The Bertz CT molecular complexity index is 145. The molecule has 0 aliphatic rings. The lowest BCUT2D eigenvalue weighted by Crippen LogP contribution is -2.30. The first-order valence-electron chi connectivity index (χ1n) is 3.71. The molecule has 72 valence electrons. The summed E-state index contributed by atoms with van der Waals surface area (Å²) >= 11 is 4.95. The molecular weight excluding hydrogens is 194 g/mol. The number of rotatable bonds is 5. The van der Waals surface area contributed by atoms with Gasteiger partial charge < -0.3 is 9.87 Å². The molecule has 0 heterocycles. The number of nitrogens with one attached hydrogen (secondary N) is 1. The highest BCUT2D eigenvalue weighted by atomic mass is 32.2. The normalized spacial score (nSPS) is 11.3. The Morgan fingerprint density at radius 2 is 2.25 bits per heavy atom. The van der Waals surface area contributed by atoms with Crippen molar-refractivity contribution in [3.05, 3.63) is 0 Å². The van der Waals surface area contributed by atoms with Gasteiger partial charge in [0.1, 0.15) is 0 Å². The van der Waals surface area contributed by atoms with E-state index >= 15 is 0 Å². The molecule has 0 aromatic rings. The molecular formula is C7H15NO2S2. The van der Waals surface area contributed by atoms with Crippen LogP contribution >= 0.6 is 24.7 Å². The van der Waals surface area contributed by atoms with Gasteiger partial charge >= 0.3 is 0 Å². The molecule has 1 amide bonds. The quantitative estimate of drug-likeness (QED) is 0.364. The van der Waals surface area contributed by atoms with E-state index in [-0.39, 0.29) is 10.7 Å². The van der Waals surface area contributed by atoms with Crippen molar-refractivity contribution in [3.63, 3.8) is 0 Å². The highest BCUT2D eigenvalue weighted by molar-refractivity contribution is 7.93. The highest BCUT2D eigenvalue weighted by Crippen LogP contribution is 2.15. The molecule has 0 spiro atoms. The van der Waals surface area contributed by atoms with Crippen molar-refractivity contribution in [3.8, 4) is 0 Å². The SMILES string of the molecule is CC(C)(S)CC(=O)NCCSO. The minimum atomic E-state index is -0.267. The van der Waals surface area contributed by atoms with E-state index in [0.717, 1.165) is 12.0 Å². The number of carbonyl (C=O) groups is 1. The first kappa shape index (κ1) is 12.1. The molecule has 0 bridgehead atoms. The highest BCUT2D eigenvalue weighted by Gasteiger charge is 2.16. The predicted octanol–water partition coefficient (Wildman–Crippen LogP) is 1.41. The average molecular weight is 209 g/mol. The summed E-state index contributed by atoms with van der Waals surface area (Å²) in [5, 5.41) is 2.67. The van der Waals surface area contributed by atoms with Gasteiger partial charge in [-0.1, -0.05) is 13.8 Å². The van der Waals surface area contributed by atoms with Crippen LogP contribution in [-0.2, 0) is 4.79 Å². The molecule has 0 radical (unpaired) electrons. The molecule has 3 nitrogen and oxygen atoms in total. The summed E-state index contributed by atoms with van der Waals surface area (Å²) in [4.78, 5) is 11.1. The minimum absolute atomic E-state index is 0.0240. The maximum Gasteiger partial charge on any atom is 0.221 e. The van der Waals surface area contributed by atoms with Crippen LogP contribution in [0, 0.1) is 0 Å². The van der Waals surface area contributed by atoms with Gasteiger partial charge in [-0.15, -0.1) is 0 Å². The van der Waals surface area contributed by atoms with E-state index in [4.69, 9.17) is 4.55 Å². The fourth-order valence-electron chi connectivity index (χ4n) is 0.692. The van der Waals surface area contributed by atoms with Gasteiger partial charge in [0.25, 0.3) is 0 Å². The summed E-state index contributed by atoms with van der Waals surface area (Å²) in [5.74, 6) is 0.503. The van der Waals surface area contributed by atoms with Gasteiger partial charge in [0.15, 0.2) is 0 Å². The van der Waals surface area contributed by atoms with E-state index in [0.29, 0.717) is 18.7 Å². The zero-order chi connectivity index (χ0) is 9.61. The molecule has 0 unspecified atom stereocenters. The van der Waals surface area contributed by atoms with Crippen molar-refractivity contribution < 1.29 is 9.35 Å². The molecule has 12 heavy (non-hydrogen) atoms. The second-order valence-corrected chi connectivity index (χ2v) is 5.05. The van der Waals surface area contributed by atoms with Crippen molar-refractivity contribution in [2.75, 3.05) is 12.3 Å². The van der Waals surface area contributed by atoms with Crippen molar-refractivity contribution >= 4 is 30.6 Å². The largest absolute Gasteiger partial charge is 0.355 e. The standard InChI is InChI=1S/C7H15NO2S2/c1-7(2,11)5-6(9)8-3-4-12-10/h10-11H,3-5H2,1-2H3,(H,8,9). The van der Waals surface area contributed by atoms with E-state index in [1.54, 1.807) is 0 Å². The number of hydrogen-bond acceptors (Lipinski definition) is 4. The molecule has 0 aliphatic carbocycles. The van der Waals surface area contributed by atoms with Gasteiger partial charge in [0.05, 0.1) is 0 Å². The fraction of sp³-hybridized carbons (Fsp3) is 0.857. The van der Waals surface area contributed by atoms with E-state index in [1.165, 1.54) is 0 Å². The first-order chi connectivity index (χ1) is 5.45. The first-order valence-corrected chi connectivity index (χ1v) is 5.10. The number of amides is 1. The van der Waals surface area contributed by atoms with Crippen LogP contribution in [0.3, 0.4) is 0 Å². The van der Waals surface area contributed by atoms with Gasteiger partial charge in [-0.2, -0.15) is 12.6 Å². The molecule has 0 aromatic carbocycles. The van der Waals surface area contributed by atoms with Crippen LogP contribution in [0.25, 0.3) is 0 Å². The molecule has 0 aliphatic heterocycles. The third-order valence-corrected chi connectivity index (χ3v) is 1.65. The van der Waals surface area contributed by atoms with Gasteiger partial charge in [0.2, 0.25) is 5.91 Å². The number of carbonyl (C=O) groups excluding carboxylic acids is 1. The minimum Gasteiger partial charge on any atom is -0.355 e. The summed E-state index contributed by atoms with van der Waals surface area (Å²) in [6, 6.07) is 0. The van der Waals surface area contributed by atoms with Crippen LogP contribution in [0.1, 0.15) is 20.3 Å². The van der Waals surface area contributed by atoms with Gasteiger partial charge in [-0.3, -0.25) is 4.79 Å². The maximum atomic E-state index is 11.1. The van der Waals surface area contributed by atoms with Gasteiger partial charge in [-0.25, -0.2) is 0 Å². The second kappa shape index (κ2) is 5.72. The summed E-state index contributed by atoms with van der Waals surface area (Å²) in [7, 11) is 0. The number of thiol groups is 1. The van der Waals surface area contributed by atoms with Crippen molar-refractivity contribution in [2.45, 2.75) is 25.0 Å². The second-order valence-electron chi connectivity index (χ2n) is 3.17. The molecule has 5 heteroatoms. The van der Waals surface area contributed by atoms with Crippen molar-refractivity contribution in [1.29, 1.82) is 0 Å². The summed E-state index contributed by atoms with van der Waals surface area (Å²) in [6.07, 6.45) is 0.395. The Kier molecular flexibility index (Phi) is 5.78. The molecule has 2 N–H and O–H groups in total. The fourth-order valence-corrected chi connectivity index (χ4v) is 1.03. The summed E-state index contributed by atoms with van der Waals surface area (Å²) in [5.41, 5.74) is 0. The molecule has 0 atom stereocenters. The zero-order valence-electron chi connectivity index (χ0n) is 7.33. The van der Waals surface area contributed by atoms with Crippen molar-refractivity contribution in [2.24, 2.45) is 0 Å². The van der Waals surface area contributed by atoms with Crippen LogP contribution in [0.15, 0.2) is 0 Å². The van der Waals surface area contributed by atoms with E-state index in [9.17, 15) is 4.79 Å². The van der Waals surface area contributed by atoms with Gasteiger partial charge in [-0.05, 0) is 12.0 Å². The lowest BCUT2D eigenvalue weighted by molar-refractivity contribution is -0.121. The predicted molar refractivity (Wildman–Crippen MR) is 55.8 cm³/mol. The summed E-state index contributed by atoms with van der Waals surface area (Å²) < 4.78 is 8.09. The van der Waals surface area contributed by atoms with Crippen LogP contribution in [0.2, 0.25) is 0 Å². The summed E-state index contributed by atoms with van der Waals surface area (Å²) in [6.45, 7) is 4.27. The van der Waals surface area contributed by atoms with Crippen LogP contribution in [-0.4, -0.2) is 27.5 Å². The lowest BCUT2D eigenvalue weighted by atomic mass is 10.1. The van der Waals surface area contributed by atoms with Crippen LogP contribution in [0.4, 0.5) is 0 Å². The Morgan fingerprint density at radius 3 is 2.67 bits per heavy atom. The van der Waals surface area contributed by atoms with Gasteiger partial charge in [0, 0.05) is 23.5 Å². The maximum absolute atomic E-state index is 11.1. The lowest BCUT2D eigenvalue weighted by Gasteiger charge is -2.15. The monoisotopic (exact) mass is 209 g/mol. The smallest absolute Gasteiger partial charge is 0.221 e. The average Bonchev–Trinajstić information content (AvgIpc) is 1.84. The molecule has 0 saturated heterocycles. The van der Waals surface area contributed by atoms with E-state index < -0.39 is 0 Å². The van der Waals surface area contributed by atoms with E-state index in [1.807, 2.05) is 13.8 Å². The molecule has 0 aromatic heterocycles. The van der Waals surface area contributed by atoms with E-state index in [2.05, 4.69) is 17.9 Å². The molecule has 0 rings (SSSR count). The zero-order valence-corrected chi connectivity index (χ0v) is 9.04. The third kappa shape index (κ3) is 8.23. The Morgan fingerprint density at radius 1 is 1.67 bits per heavy atom. The number of hydrogen-bond donors (Lipinski definition) is 3. The topological polar surface area (TPSA) is 49.3 Å². The van der Waals surface area contributed by atoms with Crippen LogP contribution < -0.4 is 5.32 Å². The van der Waals surface area contributed by atoms with Crippen LogP contribution in [0.5, 0.6) is 0 Å². The third-order valence-electron chi connectivity index (χ3n) is 1.11. The molecule has 0 saturated carbocycles. The molecule has 0 fully saturated rings. The Hall–Kier alpha value is 0.130. The Balaban J connectivity index is 3.47.